The predicted octanol–water partition coefficient (Wildman–Crippen LogP) is 2.95. The number of amides is 1. The van der Waals surface area contributed by atoms with Crippen molar-refractivity contribution < 1.29 is 18.0 Å². The molecule has 2 fully saturated rings. The molecule has 0 bridgehead atoms. The van der Waals surface area contributed by atoms with Crippen LogP contribution in [0.1, 0.15) is 21.5 Å². The number of nitrogens with zero attached hydrogens (tertiary/aromatic N) is 4. The maximum absolute atomic E-state index is 13.1. The van der Waals surface area contributed by atoms with E-state index in [2.05, 4.69) is 25.1 Å². The molecule has 2 aliphatic rings. The normalized spacial score (nSPS) is 18.0. The molecule has 2 N–H and O–H groups in total. The van der Waals surface area contributed by atoms with Gasteiger partial charge in [-0.15, -0.1) is 0 Å². The fourth-order valence-electron chi connectivity index (χ4n) is 4.50. The van der Waals surface area contributed by atoms with E-state index in [1.807, 2.05) is 23.1 Å². The number of aromatic amines is 1. The van der Waals surface area contributed by atoms with Gasteiger partial charge in [-0.2, -0.15) is 13.2 Å². The molecule has 1 aromatic heterocycles. The molecule has 0 aliphatic carbocycles. The van der Waals surface area contributed by atoms with Crippen LogP contribution in [0.15, 0.2) is 42.5 Å². The van der Waals surface area contributed by atoms with Crippen LogP contribution in [0.3, 0.4) is 0 Å². The van der Waals surface area contributed by atoms with Gasteiger partial charge in [-0.3, -0.25) is 9.69 Å². The van der Waals surface area contributed by atoms with Crippen LogP contribution >= 0.6 is 0 Å². The van der Waals surface area contributed by atoms with Crippen LogP contribution in [0, 0.1) is 0 Å². The zero-order valence-corrected chi connectivity index (χ0v) is 18.7. The van der Waals surface area contributed by atoms with E-state index in [4.69, 9.17) is 0 Å². The van der Waals surface area contributed by atoms with Crippen LogP contribution in [-0.2, 0) is 12.7 Å². The molecule has 0 spiro atoms. The second-order valence-corrected chi connectivity index (χ2v) is 8.79. The van der Waals surface area contributed by atoms with Crippen LogP contribution in [0.5, 0.6) is 0 Å². The summed E-state index contributed by atoms with van der Waals surface area (Å²) in [4.78, 5) is 27.3. The maximum Gasteiger partial charge on any atom is 0.416 e. The minimum absolute atomic E-state index is 0.0191. The molecule has 1 amide bonds. The molecule has 0 saturated carbocycles. The number of aromatic nitrogens is 2. The third-order valence-electron chi connectivity index (χ3n) is 6.48. The minimum Gasteiger partial charge on any atom is -0.340 e. The average Bonchev–Trinajstić information content (AvgIpc) is 3.28. The Labute approximate surface area is 195 Å². The highest BCUT2D eigenvalue weighted by Gasteiger charge is 2.30. The van der Waals surface area contributed by atoms with Crippen molar-refractivity contribution in [1.29, 1.82) is 0 Å². The molecule has 34 heavy (non-hydrogen) atoms. The minimum atomic E-state index is -4.32. The molecule has 2 aromatic carbocycles. The topological polar surface area (TPSA) is 67.5 Å². The number of alkyl halides is 3. The molecule has 3 aromatic rings. The number of carbonyl (C=O) groups excluding carboxylic acids is 1. The fraction of sp³-hybridized carbons (Fsp3) is 0.417. The molecular formula is C24H27F3N6O. The van der Waals surface area contributed by atoms with Crippen LogP contribution in [-0.4, -0.2) is 78.0 Å². The van der Waals surface area contributed by atoms with Crippen molar-refractivity contribution >= 4 is 22.9 Å². The lowest BCUT2D eigenvalue weighted by Crippen LogP contribution is -2.48. The van der Waals surface area contributed by atoms with Gasteiger partial charge in [0, 0.05) is 64.5 Å². The predicted molar refractivity (Wildman–Crippen MR) is 124 cm³/mol. The first-order valence-electron chi connectivity index (χ1n) is 11.5. The average molecular weight is 473 g/mol. The summed E-state index contributed by atoms with van der Waals surface area (Å²) in [5.41, 5.74) is 2.50. The standard InChI is InChI=1S/C24H27F3N6O/c25-24(26,27)19-4-1-17(2-5-19)16-31-11-13-32(14-12-31)22(34)18-3-6-20-21(15-18)30-23(29-20)33-9-7-28-8-10-33/h1-6,15,28H,7-14,16H2,(H,29,30). The summed E-state index contributed by atoms with van der Waals surface area (Å²) in [6.45, 7) is 6.69. The van der Waals surface area contributed by atoms with Crippen molar-refractivity contribution in [1.82, 2.24) is 25.1 Å². The van der Waals surface area contributed by atoms with Crippen LogP contribution in [0.4, 0.5) is 19.1 Å². The van der Waals surface area contributed by atoms with Crippen molar-refractivity contribution in [3.63, 3.8) is 0 Å². The first-order chi connectivity index (χ1) is 16.4. The number of hydrogen-bond acceptors (Lipinski definition) is 5. The number of imidazole rings is 1. The van der Waals surface area contributed by atoms with Crippen molar-refractivity contribution in [3.05, 3.63) is 59.2 Å². The highest BCUT2D eigenvalue weighted by atomic mass is 19.4. The van der Waals surface area contributed by atoms with Crippen molar-refractivity contribution in [3.8, 4) is 0 Å². The first-order valence-corrected chi connectivity index (χ1v) is 11.5. The number of halogens is 3. The van der Waals surface area contributed by atoms with E-state index in [1.54, 1.807) is 0 Å². The van der Waals surface area contributed by atoms with Gasteiger partial charge in [-0.05, 0) is 35.9 Å². The molecule has 180 valence electrons. The van der Waals surface area contributed by atoms with Crippen LogP contribution in [0.2, 0.25) is 0 Å². The summed E-state index contributed by atoms with van der Waals surface area (Å²) in [7, 11) is 0. The van der Waals surface area contributed by atoms with Crippen molar-refractivity contribution in [2.45, 2.75) is 12.7 Å². The third kappa shape index (κ3) is 4.88. The van der Waals surface area contributed by atoms with Gasteiger partial charge >= 0.3 is 6.18 Å². The van der Waals surface area contributed by atoms with Gasteiger partial charge in [0.1, 0.15) is 0 Å². The van der Waals surface area contributed by atoms with Gasteiger partial charge in [0.15, 0.2) is 0 Å². The summed E-state index contributed by atoms with van der Waals surface area (Å²) in [5, 5.41) is 3.32. The largest absolute Gasteiger partial charge is 0.416 e. The van der Waals surface area contributed by atoms with Crippen LogP contribution in [0.25, 0.3) is 11.0 Å². The Kier molecular flexibility index (Phi) is 6.18. The lowest BCUT2D eigenvalue weighted by Gasteiger charge is -2.34. The van der Waals surface area contributed by atoms with E-state index in [0.29, 0.717) is 38.3 Å². The van der Waals surface area contributed by atoms with Gasteiger partial charge in [-0.25, -0.2) is 4.98 Å². The molecule has 0 unspecified atom stereocenters. The summed E-state index contributed by atoms with van der Waals surface area (Å²) in [5.74, 6) is 0.812. The Morgan fingerprint density at radius 1 is 0.941 bits per heavy atom. The molecule has 2 saturated heterocycles. The zero-order chi connectivity index (χ0) is 23.7. The van der Waals surface area contributed by atoms with E-state index in [1.165, 1.54) is 12.1 Å². The second kappa shape index (κ2) is 9.27. The molecule has 10 heteroatoms. The first kappa shape index (κ1) is 22.7. The van der Waals surface area contributed by atoms with E-state index in [0.717, 1.165) is 60.9 Å². The number of anilines is 1. The second-order valence-electron chi connectivity index (χ2n) is 8.79. The van der Waals surface area contributed by atoms with Gasteiger partial charge in [0.05, 0.1) is 16.6 Å². The Balaban J connectivity index is 1.19. The van der Waals surface area contributed by atoms with E-state index < -0.39 is 11.7 Å². The molecule has 0 atom stereocenters. The number of carbonyl (C=O) groups is 1. The highest BCUT2D eigenvalue weighted by Crippen LogP contribution is 2.29. The summed E-state index contributed by atoms with van der Waals surface area (Å²) in [6, 6.07) is 10.9. The van der Waals surface area contributed by atoms with E-state index in [9.17, 15) is 18.0 Å². The number of fused-ring (bicyclic) bond motifs is 1. The number of nitrogens with one attached hydrogen (secondary N) is 2. The fourth-order valence-corrected chi connectivity index (χ4v) is 4.50. The van der Waals surface area contributed by atoms with Crippen LogP contribution < -0.4 is 10.2 Å². The Bertz CT molecular complexity index is 1150. The lowest BCUT2D eigenvalue weighted by atomic mass is 10.1. The molecule has 5 rings (SSSR count). The van der Waals surface area contributed by atoms with Gasteiger partial charge in [-0.1, -0.05) is 12.1 Å². The monoisotopic (exact) mass is 472 g/mol. The number of hydrogen-bond donors (Lipinski definition) is 2. The Morgan fingerprint density at radius 3 is 2.32 bits per heavy atom. The summed E-state index contributed by atoms with van der Waals surface area (Å²) >= 11 is 0. The SMILES string of the molecule is O=C(c1ccc2nc(N3CCNCC3)[nH]c2c1)N1CCN(Cc2ccc(C(F)(F)F)cc2)CC1. The Hall–Kier alpha value is -3.11. The number of piperazine rings is 2. The number of H-pyrrole nitrogens is 1. The molecule has 2 aliphatic heterocycles. The number of rotatable bonds is 4. The molecule has 0 radical (unpaired) electrons. The Morgan fingerprint density at radius 2 is 1.65 bits per heavy atom. The van der Waals surface area contributed by atoms with E-state index in [-0.39, 0.29) is 5.91 Å². The van der Waals surface area contributed by atoms with Gasteiger partial charge < -0.3 is 20.1 Å². The summed E-state index contributed by atoms with van der Waals surface area (Å²) in [6.07, 6.45) is -4.32. The zero-order valence-electron chi connectivity index (χ0n) is 18.7. The van der Waals surface area contributed by atoms with Gasteiger partial charge in [0.2, 0.25) is 5.95 Å². The quantitative estimate of drug-likeness (QED) is 0.611. The number of benzene rings is 2. The smallest absolute Gasteiger partial charge is 0.340 e. The molecular weight excluding hydrogens is 445 g/mol. The van der Waals surface area contributed by atoms with Gasteiger partial charge in [0.25, 0.3) is 5.91 Å². The molecule has 3 heterocycles. The third-order valence-corrected chi connectivity index (χ3v) is 6.48. The summed E-state index contributed by atoms with van der Waals surface area (Å²) < 4.78 is 38.3. The maximum atomic E-state index is 13.1. The highest BCUT2D eigenvalue weighted by molar-refractivity contribution is 5.97. The lowest BCUT2D eigenvalue weighted by molar-refractivity contribution is -0.137. The molecule has 7 nitrogen and oxygen atoms in total. The van der Waals surface area contributed by atoms with Crippen molar-refractivity contribution in [2.24, 2.45) is 0 Å². The van der Waals surface area contributed by atoms with Crippen molar-refractivity contribution in [2.75, 3.05) is 57.3 Å². The van der Waals surface area contributed by atoms with E-state index >= 15 is 0 Å².